The quantitative estimate of drug-likeness (QED) is 0.589. The normalized spacial score (nSPS) is 12.6. The van der Waals surface area contributed by atoms with E-state index in [1.165, 1.54) is 0 Å². The number of nitrogens with two attached hydrogens (primary N) is 2. The zero-order chi connectivity index (χ0) is 19.2. The SMILES string of the molecule is C=C(NC(C)(C)C)c1cccc(N/C(N)=C/C=C(\N)c2ccccc2)c1. The number of anilines is 1. The predicted octanol–water partition coefficient (Wildman–Crippen LogP) is 4.26. The smallest absolute Gasteiger partial charge is 0.101 e. The average Bonchev–Trinajstić information content (AvgIpc) is 2.59. The number of benzene rings is 2. The molecule has 2 rings (SSSR count). The predicted molar refractivity (Wildman–Crippen MR) is 113 cm³/mol. The van der Waals surface area contributed by atoms with E-state index in [0.29, 0.717) is 11.5 Å². The van der Waals surface area contributed by atoms with Gasteiger partial charge < -0.3 is 22.1 Å². The van der Waals surface area contributed by atoms with Crippen LogP contribution in [0.3, 0.4) is 0 Å². The minimum Gasteiger partial charge on any atom is -0.398 e. The summed E-state index contributed by atoms with van der Waals surface area (Å²) in [6, 6.07) is 17.7. The Bertz CT molecular complexity index is 812. The van der Waals surface area contributed by atoms with Gasteiger partial charge in [-0.25, -0.2) is 0 Å². The lowest BCUT2D eigenvalue weighted by atomic mass is 10.1. The Balaban J connectivity index is 2.08. The minimum atomic E-state index is -0.0425. The van der Waals surface area contributed by atoms with E-state index in [2.05, 4.69) is 38.0 Å². The monoisotopic (exact) mass is 348 g/mol. The van der Waals surface area contributed by atoms with Crippen molar-refractivity contribution >= 4 is 17.1 Å². The summed E-state index contributed by atoms with van der Waals surface area (Å²) < 4.78 is 0. The molecule has 0 saturated carbocycles. The van der Waals surface area contributed by atoms with Crippen LogP contribution in [0, 0.1) is 0 Å². The van der Waals surface area contributed by atoms with Gasteiger partial charge in [-0.2, -0.15) is 0 Å². The number of nitrogens with one attached hydrogen (secondary N) is 2. The third-order valence-electron chi connectivity index (χ3n) is 3.58. The minimum absolute atomic E-state index is 0.0425. The Labute approximate surface area is 156 Å². The second-order valence-electron chi connectivity index (χ2n) is 7.17. The molecule has 4 heteroatoms. The highest BCUT2D eigenvalue weighted by molar-refractivity contribution is 5.67. The van der Waals surface area contributed by atoms with Crippen LogP contribution in [0.25, 0.3) is 11.4 Å². The molecule has 136 valence electrons. The van der Waals surface area contributed by atoms with E-state index in [0.717, 1.165) is 22.5 Å². The molecule has 0 aliphatic rings. The van der Waals surface area contributed by atoms with Gasteiger partial charge in [0.15, 0.2) is 0 Å². The topological polar surface area (TPSA) is 76.1 Å². The van der Waals surface area contributed by atoms with E-state index < -0.39 is 0 Å². The fourth-order valence-corrected chi connectivity index (χ4v) is 2.42. The third-order valence-corrected chi connectivity index (χ3v) is 3.58. The van der Waals surface area contributed by atoms with Crippen molar-refractivity contribution in [2.24, 2.45) is 11.5 Å². The summed E-state index contributed by atoms with van der Waals surface area (Å²) in [5.41, 5.74) is 16.5. The van der Waals surface area contributed by atoms with Crippen molar-refractivity contribution < 1.29 is 0 Å². The first kappa shape index (κ1) is 19.2. The largest absolute Gasteiger partial charge is 0.398 e. The lowest BCUT2D eigenvalue weighted by molar-refractivity contribution is 0.502. The summed E-state index contributed by atoms with van der Waals surface area (Å²) in [6.07, 6.45) is 3.55. The standard InChI is InChI=1S/C22H28N4/c1-16(26-22(2,3)4)18-11-8-12-19(15-18)25-21(24)14-13-20(23)17-9-6-5-7-10-17/h5-15,25-26H,1,23-24H2,2-4H3/b20-13-,21-14+. The molecule has 0 fully saturated rings. The van der Waals surface area contributed by atoms with Gasteiger partial charge in [0.2, 0.25) is 0 Å². The lowest BCUT2D eigenvalue weighted by Crippen LogP contribution is -2.33. The molecule has 0 bridgehead atoms. The molecule has 0 aliphatic heterocycles. The maximum absolute atomic E-state index is 6.07. The van der Waals surface area contributed by atoms with Gasteiger partial charge in [-0.05, 0) is 56.2 Å². The zero-order valence-corrected chi connectivity index (χ0v) is 15.7. The molecule has 0 atom stereocenters. The van der Waals surface area contributed by atoms with Crippen LogP contribution < -0.4 is 22.1 Å². The summed E-state index contributed by atoms with van der Waals surface area (Å²) in [5.74, 6) is 0.510. The molecular formula is C22H28N4. The van der Waals surface area contributed by atoms with Crippen LogP contribution in [-0.2, 0) is 0 Å². The Kier molecular flexibility index (Phi) is 6.12. The van der Waals surface area contributed by atoms with E-state index in [1.54, 1.807) is 12.2 Å². The summed E-state index contributed by atoms with van der Waals surface area (Å²) in [7, 11) is 0. The highest BCUT2D eigenvalue weighted by atomic mass is 15.0. The van der Waals surface area contributed by atoms with E-state index in [-0.39, 0.29) is 5.54 Å². The van der Waals surface area contributed by atoms with Crippen molar-refractivity contribution in [1.82, 2.24) is 5.32 Å². The van der Waals surface area contributed by atoms with Crippen molar-refractivity contribution in [2.45, 2.75) is 26.3 Å². The first-order valence-electron chi connectivity index (χ1n) is 8.57. The summed E-state index contributed by atoms with van der Waals surface area (Å²) >= 11 is 0. The van der Waals surface area contributed by atoms with Crippen molar-refractivity contribution in [1.29, 1.82) is 0 Å². The molecule has 0 unspecified atom stereocenters. The fraction of sp³-hybridized carbons (Fsp3) is 0.182. The highest BCUT2D eigenvalue weighted by Gasteiger charge is 2.11. The number of allylic oxidation sites excluding steroid dienone is 2. The van der Waals surface area contributed by atoms with Crippen molar-refractivity contribution in [3.8, 4) is 0 Å². The molecule has 2 aromatic carbocycles. The van der Waals surface area contributed by atoms with Gasteiger partial charge in [-0.1, -0.05) is 49.0 Å². The van der Waals surface area contributed by atoms with Gasteiger partial charge in [0.05, 0.1) is 0 Å². The molecule has 26 heavy (non-hydrogen) atoms. The molecule has 0 heterocycles. The van der Waals surface area contributed by atoms with Crippen LogP contribution in [-0.4, -0.2) is 5.54 Å². The molecule has 4 nitrogen and oxygen atoms in total. The van der Waals surface area contributed by atoms with Crippen molar-refractivity contribution in [3.05, 3.63) is 90.3 Å². The molecule has 0 saturated heterocycles. The molecule has 0 radical (unpaired) electrons. The highest BCUT2D eigenvalue weighted by Crippen LogP contribution is 2.19. The average molecular weight is 348 g/mol. The van der Waals surface area contributed by atoms with Gasteiger partial charge in [0.25, 0.3) is 0 Å². The lowest BCUT2D eigenvalue weighted by Gasteiger charge is -2.24. The fourth-order valence-electron chi connectivity index (χ4n) is 2.42. The Morgan fingerprint density at radius 3 is 2.23 bits per heavy atom. The van der Waals surface area contributed by atoms with Crippen LogP contribution >= 0.6 is 0 Å². The Hall–Kier alpha value is -3.14. The molecule has 2 aromatic rings. The molecule has 0 spiro atoms. The van der Waals surface area contributed by atoms with E-state index in [1.807, 2.05) is 54.6 Å². The zero-order valence-electron chi connectivity index (χ0n) is 15.7. The van der Waals surface area contributed by atoms with Crippen LogP contribution in [0.15, 0.2) is 79.1 Å². The number of hydrogen-bond acceptors (Lipinski definition) is 4. The van der Waals surface area contributed by atoms with Crippen LogP contribution in [0.2, 0.25) is 0 Å². The maximum Gasteiger partial charge on any atom is 0.101 e. The van der Waals surface area contributed by atoms with Gasteiger partial charge >= 0.3 is 0 Å². The first-order valence-corrected chi connectivity index (χ1v) is 8.57. The van der Waals surface area contributed by atoms with Crippen molar-refractivity contribution in [2.75, 3.05) is 5.32 Å². The van der Waals surface area contributed by atoms with Crippen LogP contribution in [0.5, 0.6) is 0 Å². The second-order valence-corrected chi connectivity index (χ2v) is 7.17. The molecule has 0 aromatic heterocycles. The molecule has 0 amide bonds. The van der Waals surface area contributed by atoms with Gasteiger partial charge in [0.1, 0.15) is 5.82 Å². The van der Waals surface area contributed by atoms with E-state index >= 15 is 0 Å². The third kappa shape index (κ3) is 6.06. The van der Waals surface area contributed by atoms with E-state index in [9.17, 15) is 0 Å². The summed E-state index contributed by atoms with van der Waals surface area (Å²) in [5, 5.41) is 6.56. The maximum atomic E-state index is 6.07. The van der Waals surface area contributed by atoms with Gasteiger partial charge in [-0.3, -0.25) is 0 Å². The Morgan fingerprint density at radius 1 is 0.923 bits per heavy atom. The Morgan fingerprint density at radius 2 is 1.58 bits per heavy atom. The summed E-state index contributed by atoms with van der Waals surface area (Å²) in [6.45, 7) is 10.4. The van der Waals surface area contributed by atoms with Crippen LogP contribution in [0.1, 0.15) is 31.9 Å². The van der Waals surface area contributed by atoms with Gasteiger partial charge in [-0.15, -0.1) is 0 Å². The first-order chi connectivity index (χ1) is 12.2. The second kappa shape index (κ2) is 8.30. The van der Waals surface area contributed by atoms with Gasteiger partial charge in [0, 0.05) is 22.6 Å². The molecule has 0 aliphatic carbocycles. The summed E-state index contributed by atoms with van der Waals surface area (Å²) in [4.78, 5) is 0. The van der Waals surface area contributed by atoms with E-state index in [4.69, 9.17) is 11.5 Å². The van der Waals surface area contributed by atoms with Crippen LogP contribution in [0.4, 0.5) is 5.69 Å². The molecular weight excluding hydrogens is 320 g/mol. The van der Waals surface area contributed by atoms with Crippen molar-refractivity contribution in [3.63, 3.8) is 0 Å². The number of rotatable bonds is 6. The number of hydrogen-bond donors (Lipinski definition) is 4. The molecule has 6 N–H and O–H groups in total.